The lowest BCUT2D eigenvalue weighted by Crippen LogP contribution is -2.32. The van der Waals surface area contributed by atoms with Crippen LogP contribution in [0.3, 0.4) is 0 Å². The van der Waals surface area contributed by atoms with Gasteiger partial charge in [0.2, 0.25) is 0 Å². The first kappa shape index (κ1) is 36.4. The van der Waals surface area contributed by atoms with Gasteiger partial charge in [-0.15, -0.1) is 0 Å². The van der Waals surface area contributed by atoms with Gasteiger partial charge in [-0.3, -0.25) is 0 Å². The van der Waals surface area contributed by atoms with Crippen LogP contribution in [0.4, 0.5) is 11.4 Å². The highest BCUT2D eigenvalue weighted by Crippen LogP contribution is 2.22. The smallest absolute Gasteiger partial charge is 0.121 e. The Balaban J connectivity index is 0.000000565. The second-order valence-electron chi connectivity index (χ2n) is 9.69. The minimum Gasteiger partial charge on any atom is -0.508 e. The number of aldehydes is 1. The molecule has 0 spiro atoms. The number of likely N-dealkylation sites (N-methyl/N-ethyl adjacent to an activating group) is 1. The molecule has 1 aliphatic heterocycles. The van der Waals surface area contributed by atoms with E-state index in [0.29, 0.717) is 24.1 Å². The van der Waals surface area contributed by atoms with Gasteiger partial charge in [0.25, 0.3) is 0 Å². The summed E-state index contributed by atoms with van der Waals surface area (Å²) >= 11 is 0. The van der Waals surface area contributed by atoms with Gasteiger partial charge in [0.15, 0.2) is 0 Å². The molecule has 0 amide bonds. The molecule has 1 unspecified atom stereocenters. The Morgan fingerprint density at radius 1 is 1.00 bits per heavy atom. The van der Waals surface area contributed by atoms with Crippen LogP contribution in [0.25, 0.3) is 0 Å². The maximum Gasteiger partial charge on any atom is 0.121 e. The number of phenols is 1. The first-order valence-electron chi connectivity index (χ1n) is 14.1. The minimum absolute atomic E-state index is 0.0386. The van der Waals surface area contributed by atoms with E-state index in [4.69, 9.17) is 9.53 Å². The Hall–Kier alpha value is -3.60. The van der Waals surface area contributed by atoms with Gasteiger partial charge in [-0.05, 0) is 74.5 Å². The largest absolute Gasteiger partial charge is 0.508 e. The van der Waals surface area contributed by atoms with Gasteiger partial charge in [0.05, 0.1) is 25.9 Å². The highest BCUT2D eigenvalue weighted by molar-refractivity contribution is 5.60. The summed E-state index contributed by atoms with van der Waals surface area (Å²) in [5.41, 5.74) is 5.66. The van der Waals surface area contributed by atoms with Gasteiger partial charge in [0.1, 0.15) is 18.8 Å². The van der Waals surface area contributed by atoms with Gasteiger partial charge >= 0.3 is 0 Å². The van der Waals surface area contributed by atoms with Crippen LogP contribution < -0.4 is 10.6 Å². The molecule has 0 bridgehead atoms. The van der Waals surface area contributed by atoms with Crippen molar-refractivity contribution in [3.63, 3.8) is 0 Å². The molecular weight excluding hydrogens is 534 g/mol. The second kappa shape index (κ2) is 22.1. The molecule has 1 atom stereocenters. The Morgan fingerprint density at radius 3 is 2.07 bits per heavy atom. The van der Waals surface area contributed by atoms with Crippen LogP contribution in [0.1, 0.15) is 41.7 Å². The molecule has 1 fully saturated rings. The number of rotatable bonds is 10. The topological polar surface area (TPSA) is 131 Å². The van der Waals surface area contributed by atoms with Crippen molar-refractivity contribution in [1.82, 2.24) is 10.2 Å². The molecular formula is C33H47N3O6. The molecule has 1 aliphatic rings. The first-order chi connectivity index (χ1) is 20.4. The van der Waals surface area contributed by atoms with Crippen molar-refractivity contribution in [2.75, 3.05) is 51.8 Å². The van der Waals surface area contributed by atoms with Gasteiger partial charge in [-0.25, -0.2) is 0 Å². The lowest BCUT2D eigenvalue weighted by Gasteiger charge is -2.21. The number of morpholine rings is 1. The fraction of sp³-hybridized carbons (Fsp3) is 0.394. The van der Waals surface area contributed by atoms with Crippen LogP contribution in [0, 0.1) is 6.92 Å². The van der Waals surface area contributed by atoms with E-state index >= 15 is 0 Å². The van der Waals surface area contributed by atoms with Crippen LogP contribution in [-0.2, 0) is 27.4 Å². The van der Waals surface area contributed by atoms with Crippen molar-refractivity contribution in [3.8, 4) is 5.75 Å². The normalized spacial score (nSPS) is 13.2. The second-order valence-corrected chi connectivity index (χ2v) is 9.69. The molecule has 9 heteroatoms. The van der Waals surface area contributed by atoms with E-state index < -0.39 is 6.10 Å². The molecule has 0 radical (unpaired) electrons. The minimum atomic E-state index is -0.693. The number of benzene rings is 3. The summed E-state index contributed by atoms with van der Waals surface area (Å²) in [5, 5.41) is 35.8. The van der Waals surface area contributed by atoms with E-state index in [9.17, 15) is 20.1 Å². The molecule has 42 heavy (non-hydrogen) atoms. The Morgan fingerprint density at radius 2 is 1.57 bits per heavy atom. The highest BCUT2D eigenvalue weighted by atomic mass is 16.5. The van der Waals surface area contributed by atoms with Gasteiger partial charge in [-0.2, -0.15) is 0 Å². The number of aliphatic hydroxyl groups excluding tert-OH is 2. The quantitative estimate of drug-likeness (QED) is 0.177. The maximum atomic E-state index is 10.3. The molecule has 230 valence electrons. The summed E-state index contributed by atoms with van der Waals surface area (Å²) in [7, 11) is 2.11. The van der Waals surface area contributed by atoms with E-state index in [0.717, 1.165) is 56.9 Å². The van der Waals surface area contributed by atoms with E-state index in [2.05, 4.69) is 78.0 Å². The van der Waals surface area contributed by atoms with Gasteiger partial charge in [0, 0.05) is 43.0 Å². The Labute approximate surface area is 250 Å². The molecule has 0 aromatic heterocycles. The van der Waals surface area contributed by atoms with Crippen LogP contribution in [0.15, 0.2) is 66.7 Å². The fourth-order valence-electron chi connectivity index (χ4n) is 3.74. The number of carbonyl (C=O) groups is 2. The molecule has 1 saturated heterocycles. The molecule has 9 nitrogen and oxygen atoms in total. The van der Waals surface area contributed by atoms with Crippen molar-refractivity contribution >= 4 is 24.5 Å². The molecule has 0 aliphatic carbocycles. The number of carbonyl (C=O) groups excluding carboxylic acids is 2. The number of hydrogen-bond acceptors (Lipinski definition) is 9. The standard InChI is InChI=1S/C24H28N2O3.C5H11NO.C3H6O.CH2O/c1-17-2-7-21(8-3-17)26-22-9-4-18(5-10-22)12-13-25-15-24(29)19-6-11-23(28)20(14-19)16-27;1-6-2-4-7-5-3-6;1-2-3-4;1-2/h2-11,14,24-29H,12-13,15-16H2,1H3;2-5H2,1H3;3H,2H2,1H3;1H2. The Bertz CT molecular complexity index is 1120. The zero-order valence-electron chi connectivity index (χ0n) is 25.1. The molecule has 3 aromatic carbocycles. The number of hydrogen-bond donors (Lipinski definition) is 5. The molecule has 0 saturated carbocycles. The van der Waals surface area contributed by atoms with Crippen LogP contribution in [0.2, 0.25) is 0 Å². The Kier molecular flexibility index (Phi) is 19.1. The average Bonchev–Trinajstić information content (AvgIpc) is 3.03. The predicted octanol–water partition coefficient (Wildman–Crippen LogP) is 4.16. The van der Waals surface area contributed by atoms with Crippen molar-refractivity contribution in [2.24, 2.45) is 0 Å². The highest BCUT2D eigenvalue weighted by Gasteiger charge is 2.10. The van der Waals surface area contributed by atoms with E-state index in [1.807, 2.05) is 13.7 Å². The molecule has 4 rings (SSSR count). The van der Waals surface area contributed by atoms with E-state index in [1.54, 1.807) is 12.1 Å². The third-order valence-electron chi connectivity index (χ3n) is 6.28. The van der Waals surface area contributed by atoms with Crippen LogP contribution in [0.5, 0.6) is 5.75 Å². The van der Waals surface area contributed by atoms with E-state index in [1.165, 1.54) is 17.2 Å². The fourth-order valence-corrected chi connectivity index (χ4v) is 3.74. The van der Waals surface area contributed by atoms with Crippen LogP contribution >= 0.6 is 0 Å². The summed E-state index contributed by atoms with van der Waals surface area (Å²) in [6.45, 7) is 10.8. The number of aliphatic hydroxyl groups is 2. The monoisotopic (exact) mass is 581 g/mol. The van der Waals surface area contributed by atoms with Crippen molar-refractivity contribution < 1.29 is 29.6 Å². The van der Waals surface area contributed by atoms with E-state index in [-0.39, 0.29) is 12.4 Å². The zero-order valence-corrected chi connectivity index (χ0v) is 25.1. The summed E-state index contributed by atoms with van der Waals surface area (Å²) in [6, 6.07) is 21.4. The molecule has 3 aromatic rings. The maximum absolute atomic E-state index is 10.3. The SMILES string of the molecule is C=O.CCC=O.CN1CCOCC1.Cc1ccc(Nc2ccc(CCNCC(O)c3ccc(O)c(CO)c3)cc2)cc1. The van der Waals surface area contributed by atoms with Gasteiger partial charge < -0.3 is 45.2 Å². The number of anilines is 2. The zero-order chi connectivity index (χ0) is 31.2. The molecule has 1 heterocycles. The lowest BCUT2D eigenvalue weighted by atomic mass is 10.1. The third kappa shape index (κ3) is 14.9. The number of aromatic hydroxyl groups is 1. The predicted molar refractivity (Wildman–Crippen MR) is 168 cm³/mol. The number of nitrogens with zero attached hydrogens (tertiary/aromatic N) is 1. The van der Waals surface area contributed by atoms with Crippen molar-refractivity contribution in [2.45, 2.75) is 39.4 Å². The third-order valence-corrected chi connectivity index (χ3v) is 6.28. The summed E-state index contributed by atoms with van der Waals surface area (Å²) < 4.78 is 5.10. The van der Waals surface area contributed by atoms with Crippen molar-refractivity contribution in [3.05, 3.63) is 89.0 Å². The van der Waals surface area contributed by atoms with Crippen molar-refractivity contribution in [1.29, 1.82) is 0 Å². The first-order valence-corrected chi connectivity index (χ1v) is 14.1. The molecule has 5 N–H and O–H groups in total. The number of aryl methyl sites for hydroxylation is 1. The van der Waals surface area contributed by atoms with Crippen LogP contribution in [-0.4, -0.2) is 79.7 Å². The number of nitrogens with one attached hydrogen (secondary N) is 2. The summed E-state index contributed by atoms with van der Waals surface area (Å²) in [4.78, 5) is 19.4. The lowest BCUT2D eigenvalue weighted by molar-refractivity contribution is -0.107. The average molecular weight is 582 g/mol. The summed E-state index contributed by atoms with van der Waals surface area (Å²) in [5.74, 6) is 0.0386. The number of ether oxygens (including phenoxy) is 1. The summed E-state index contributed by atoms with van der Waals surface area (Å²) in [6.07, 6.45) is 1.68. The van der Waals surface area contributed by atoms with Gasteiger partial charge in [-0.1, -0.05) is 42.8 Å².